The number of hydrogen-bond acceptors (Lipinski definition) is 2. The van der Waals surface area contributed by atoms with Gasteiger partial charge < -0.3 is 10.6 Å². The third kappa shape index (κ3) is 5.55. The van der Waals surface area contributed by atoms with E-state index in [0.717, 1.165) is 40.8 Å². The third-order valence-corrected chi connectivity index (χ3v) is 4.97. The van der Waals surface area contributed by atoms with Gasteiger partial charge in [0.05, 0.1) is 12.8 Å². The second-order valence-electron chi connectivity index (χ2n) is 7.50. The van der Waals surface area contributed by atoms with E-state index >= 15 is 0 Å². The fourth-order valence-corrected chi connectivity index (χ4v) is 3.23. The highest BCUT2D eigenvalue weighted by Crippen LogP contribution is 2.20. The van der Waals surface area contributed by atoms with E-state index in [9.17, 15) is 9.59 Å². The Morgan fingerprint density at radius 2 is 1.24 bits per heavy atom. The molecular formula is C25H24N2O2. The summed E-state index contributed by atoms with van der Waals surface area (Å²) >= 11 is 0. The summed E-state index contributed by atoms with van der Waals surface area (Å²) in [4.78, 5) is 24.2. The molecule has 1 aliphatic rings. The Morgan fingerprint density at radius 3 is 1.86 bits per heavy atom. The lowest BCUT2D eigenvalue weighted by Crippen LogP contribution is -2.26. The monoisotopic (exact) mass is 384 g/mol. The lowest BCUT2D eigenvalue weighted by molar-refractivity contribution is -0.120. The molecule has 1 aliphatic carbocycles. The summed E-state index contributed by atoms with van der Waals surface area (Å²) in [6.07, 6.45) is 2.87. The van der Waals surface area contributed by atoms with Crippen molar-refractivity contribution in [1.29, 1.82) is 0 Å². The number of hydrogen-bond donors (Lipinski definition) is 2. The van der Waals surface area contributed by atoms with E-state index in [4.69, 9.17) is 0 Å². The van der Waals surface area contributed by atoms with Gasteiger partial charge in [0, 0.05) is 11.7 Å². The summed E-state index contributed by atoms with van der Waals surface area (Å²) in [6, 6.07) is 26.1. The van der Waals surface area contributed by atoms with Gasteiger partial charge in [-0.3, -0.25) is 9.59 Å². The van der Waals surface area contributed by atoms with Crippen LogP contribution in [0.15, 0.2) is 78.9 Å². The first-order chi connectivity index (χ1) is 14.2. The van der Waals surface area contributed by atoms with Gasteiger partial charge in [-0.2, -0.15) is 0 Å². The zero-order valence-corrected chi connectivity index (χ0v) is 16.2. The summed E-state index contributed by atoms with van der Waals surface area (Å²) in [5.74, 6) is -0.0000715. The van der Waals surface area contributed by atoms with E-state index in [1.807, 2.05) is 66.7 Å². The number of anilines is 1. The first-order valence-electron chi connectivity index (χ1n) is 9.98. The number of rotatable bonds is 7. The Labute approximate surface area is 171 Å². The number of benzene rings is 3. The second-order valence-corrected chi connectivity index (χ2v) is 7.50. The van der Waals surface area contributed by atoms with Crippen LogP contribution in [0.3, 0.4) is 0 Å². The number of carbonyl (C=O) groups is 2. The van der Waals surface area contributed by atoms with Crippen LogP contribution in [0.25, 0.3) is 11.1 Å². The molecule has 0 aromatic heterocycles. The molecule has 29 heavy (non-hydrogen) atoms. The molecule has 1 fully saturated rings. The molecule has 0 unspecified atom stereocenters. The van der Waals surface area contributed by atoms with Crippen LogP contribution in [0, 0.1) is 0 Å². The highest BCUT2D eigenvalue weighted by molar-refractivity contribution is 5.92. The SMILES string of the molecule is O=C(Cc1ccc(-c2ccccc2)cc1)Nc1ccc(CC(=O)NC2CC2)cc1. The molecule has 3 aromatic carbocycles. The van der Waals surface area contributed by atoms with E-state index in [1.54, 1.807) is 0 Å². The Kier molecular flexibility index (Phi) is 5.71. The van der Waals surface area contributed by atoms with Crippen molar-refractivity contribution < 1.29 is 9.59 Å². The first-order valence-corrected chi connectivity index (χ1v) is 9.98. The van der Waals surface area contributed by atoms with E-state index in [-0.39, 0.29) is 11.8 Å². The van der Waals surface area contributed by atoms with Crippen LogP contribution in [0.2, 0.25) is 0 Å². The van der Waals surface area contributed by atoms with Crippen LogP contribution in [0.1, 0.15) is 24.0 Å². The molecule has 0 saturated heterocycles. The quantitative estimate of drug-likeness (QED) is 0.636. The number of amides is 2. The third-order valence-electron chi connectivity index (χ3n) is 4.97. The zero-order valence-electron chi connectivity index (χ0n) is 16.2. The number of nitrogens with one attached hydrogen (secondary N) is 2. The summed E-state index contributed by atoms with van der Waals surface area (Å²) < 4.78 is 0. The van der Waals surface area contributed by atoms with Gasteiger partial charge in [-0.15, -0.1) is 0 Å². The second kappa shape index (κ2) is 8.74. The predicted octanol–water partition coefficient (Wildman–Crippen LogP) is 4.36. The molecule has 2 amide bonds. The molecular weight excluding hydrogens is 360 g/mol. The van der Waals surface area contributed by atoms with Gasteiger partial charge in [-0.25, -0.2) is 0 Å². The normalized spacial score (nSPS) is 13.0. The van der Waals surface area contributed by atoms with E-state index in [0.29, 0.717) is 18.9 Å². The topological polar surface area (TPSA) is 58.2 Å². The van der Waals surface area contributed by atoms with Crippen LogP contribution >= 0.6 is 0 Å². The van der Waals surface area contributed by atoms with Crippen LogP contribution < -0.4 is 10.6 Å². The van der Waals surface area contributed by atoms with Crippen molar-refractivity contribution in [3.8, 4) is 11.1 Å². The van der Waals surface area contributed by atoms with Crippen molar-refractivity contribution in [2.75, 3.05) is 5.32 Å². The molecule has 4 rings (SSSR count). The van der Waals surface area contributed by atoms with Gasteiger partial charge in [0.1, 0.15) is 0 Å². The molecule has 0 bridgehead atoms. The Balaban J connectivity index is 1.29. The summed E-state index contributed by atoms with van der Waals surface area (Å²) in [5, 5.41) is 5.90. The van der Waals surface area contributed by atoms with Gasteiger partial charge in [-0.05, 0) is 47.2 Å². The minimum absolute atomic E-state index is 0.0586. The lowest BCUT2D eigenvalue weighted by atomic mass is 10.0. The minimum Gasteiger partial charge on any atom is -0.353 e. The maximum absolute atomic E-state index is 12.4. The molecule has 3 aromatic rings. The molecule has 4 heteroatoms. The fourth-order valence-electron chi connectivity index (χ4n) is 3.23. The zero-order chi connectivity index (χ0) is 20.1. The highest BCUT2D eigenvalue weighted by atomic mass is 16.2. The molecule has 0 heterocycles. The van der Waals surface area contributed by atoms with Crippen molar-refractivity contribution >= 4 is 17.5 Å². The molecule has 1 saturated carbocycles. The average Bonchev–Trinajstić information content (AvgIpc) is 3.54. The average molecular weight is 384 g/mol. The minimum atomic E-state index is -0.0586. The van der Waals surface area contributed by atoms with E-state index in [2.05, 4.69) is 22.8 Å². The first kappa shape index (κ1) is 18.9. The van der Waals surface area contributed by atoms with Gasteiger partial charge in [0.15, 0.2) is 0 Å². The lowest BCUT2D eigenvalue weighted by Gasteiger charge is -2.08. The number of carbonyl (C=O) groups excluding carboxylic acids is 2. The highest BCUT2D eigenvalue weighted by Gasteiger charge is 2.23. The van der Waals surface area contributed by atoms with Crippen molar-refractivity contribution in [1.82, 2.24) is 5.32 Å². The molecule has 2 N–H and O–H groups in total. The molecule has 0 atom stereocenters. The summed E-state index contributed by atoms with van der Waals surface area (Å²) in [6.45, 7) is 0. The van der Waals surface area contributed by atoms with Gasteiger partial charge in [0.25, 0.3) is 0 Å². The Hall–Kier alpha value is -3.40. The molecule has 0 radical (unpaired) electrons. The molecule has 4 nitrogen and oxygen atoms in total. The Bertz CT molecular complexity index is 976. The van der Waals surface area contributed by atoms with Crippen LogP contribution in [-0.2, 0) is 22.4 Å². The van der Waals surface area contributed by atoms with Crippen LogP contribution in [-0.4, -0.2) is 17.9 Å². The van der Waals surface area contributed by atoms with Crippen LogP contribution in [0.5, 0.6) is 0 Å². The fraction of sp³-hybridized carbons (Fsp3) is 0.200. The Morgan fingerprint density at radius 1 is 0.690 bits per heavy atom. The largest absolute Gasteiger partial charge is 0.353 e. The van der Waals surface area contributed by atoms with Crippen molar-refractivity contribution in [3.63, 3.8) is 0 Å². The molecule has 146 valence electrons. The van der Waals surface area contributed by atoms with Crippen molar-refractivity contribution in [2.24, 2.45) is 0 Å². The van der Waals surface area contributed by atoms with Gasteiger partial charge >= 0.3 is 0 Å². The van der Waals surface area contributed by atoms with E-state index in [1.165, 1.54) is 0 Å². The maximum Gasteiger partial charge on any atom is 0.228 e. The summed E-state index contributed by atoms with van der Waals surface area (Å²) in [7, 11) is 0. The summed E-state index contributed by atoms with van der Waals surface area (Å²) in [5.41, 5.74) is 4.95. The van der Waals surface area contributed by atoms with Crippen LogP contribution in [0.4, 0.5) is 5.69 Å². The van der Waals surface area contributed by atoms with Crippen molar-refractivity contribution in [2.45, 2.75) is 31.7 Å². The predicted molar refractivity (Wildman–Crippen MR) is 116 cm³/mol. The van der Waals surface area contributed by atoms with E-state index < -0.39 is 0 Å². The standard InChI is InChI=1S/C25H24N2O2/c28-24(16-18-6-10-21(11-7-18)20-4-2-1-3-5-20)26-22-12-8-19(9-13-22)17-25(29)27-23-14-15-23/h1-13,23H,14-17H2,(H,26,28)(H,27,29). The van der Waals surface area contributed by atoms with Gasteiger partial charge in [-0.1, -0.05) is 66.7 Å². The maximum atomic E-state index is 12.4. The van der Waals surface area contributed by atoms with Gasteiger partial charge in [0.2, 0.25) is 11.8 Å². The molecule has 0 spiro atoms. The van der Waals surface area contributed by atoms with Crippen molar-refractivity contribution in [3.05, 3.63) is 90.0 Å². The smallest absolute Gasteiger partial charge is 0.228 e. The molecule has 0 aliphatic heterocycles.